The Morgan fingerprint density at radius 1 is 1.22 bits per heavy atom. The third-order valence-corrected chi connectivity index (χ3v) is 2.84. The lowest BCUT2D eigenvalue weighted by molar-refractivity contribution is 0.628. The van der Waals surface area contributed by atoms with Crippen LogP contribution in [0.1, 0.15) is 25.5 Å². The fourth-order valence-corrected chi connectivity index (χ4v) is 1.66. The van der Waals surface area contributed by atoms with Gasteiger partial charge >= 0.3 is 0 Å². The van der Waals surface area contributed by atoms with Gasteiger partial charge in [-0.25, -0.2) is 14.4 Å². The summed E-state index contributed by atoms with van der Waals surface area (Å²) in [6.07, 6.45) is 0. The zero-order chi connectivity index (χ0) is 13.3. The van der Waals surface area contributed by atoms with Crippen molar-refractivity contribution in [1.82, 2.24) is 9.97 Å². The van der Waals surface area contributed by atoms with Crippen LogP contribution in [0.3, 0.4) is 0 Å². The van der Waals surface area contributed by atoms with Crippen molar-refractivity contribution in [3.63, 3.8) is 0 Å². The van der Waals surface area contributed by atoms with Crippen LogP contribution >= 0.6 is 11.6 Å². The molecule has 0 radical (unpaired) electrons. The average molecular weight is 266 g/mol. The first-order chi connectivity index (χ1) is 8.47. The van der Waals surface area contributed by atoms with E-state index in [1.807, 2.05) is 13.8 Å². The highest BCUT2D eigenvalue weighted by atomic mass is 35.5. The third kappa shape index (κ3) is 2.59. The van der Waals surface area contributed by atoms with Crippen LogP contribution in [0.25, 0.3) is 11.4 Å². The van der Waals surface area contributed by atoms with Gasteiger partial charge in [0.2, 0.25) is 0 Å². The summed E-state index contributed by atoms with van der Waals surface area (Å²) >= 11 is 5.64. The summed E-state index contributed by atoms with van der Waals surface area (Å²) in [5.74, 6) is 0.519. The first-order valence-electron chi connectivity index (χ1n) is 5.57. The standard InChI is InChI=1S/C13H13ClFN3/c1-7(2)11-6-12(16)18-13(17-11)8-3-4-9(14)10(15)5-8/h3-7H,1-2H3,(H2,16,17,18). The predicted molar refractivity (Wildman–Crippen MR) is 70.9 cm³/mol. The summed E-state index contributed by atoms with van der Waals surface area (Å²) in [7, 11) is 0. The molecule has 0 aliphatic carbocycles. The number of benzene rings is 1. The summed E-state index contributed by atoms with van der Waals surface area (Å²) in [6.45, 7) is 4.02. The maximum absolute atomic E-state index is 13.4. The Bertz CT molecular complexity index is 584. The van der Waals surface area contributed by atoms with Gasteiger partial charge in [0.15, 0.2) is 5.82 Å². The Labute approximate surface area is 110 Å². The molecule has 0 amide bonds. The number of nitrogen functional groups attached to an aromatic ring is 1. The molecule has 0 saturated carbocycles. The molecule has 3 nitrogen and oxygen atoms in total. The number of nitrogens with zero attached hydrogens (tertiary/aromatic N) is 2. The summed E-state index contributed by atoms with van der Waals surface area (Å²) in [5.41, 5.74) is 7.12. The molecule has 1 aromatic carbocycles. The molecule has 0 aliphatic heterocycles. The molecule has 2 aromatic rings. The highest BCUT2D eigenvalue weighted by Gasteiger charge is 2.10. The second-order valence-electron chi connectivity index (χ2n) is 4.32. The van der Waals surface area contributed by atoms with E-state index in [1.165, 1.54) is 12.1 Å². The molecule has 0 bridgehead atoms. The van der Waals surface area contributed by atoms with Crippen LogP contribution in [0, 0.1) is 5.82 Å². The Hall–Kier alpha value is -1.68. The van der Waals surface area contributed by atoms with Crippen molar-refractivity contribution in [2.75, 3.05) is 5.73 Å². The van der Waals surface area contributed by atoms with Crippen LogP contribution in [0.5, 0.6) is 0 Å². The summed E-state index contributed by atoms with van der Waals surface area (Å²) < 4.78 is 13.4. The number of anilines is 1. The first kappa shape index (κ1) is 12.8. The van der Waals surface area contributed by atoms with E-state index in [0.29, 0.717) is 17.2 Å². The van der Waals surface area contributed by atoms with Gasteiger partial charge < -0.3 is 5.73 Å². The fourth-order valence-electron chi connectivity index (χ4n) is 1.55. The van der Waals surface area contributed by atoms with Crippen molar-refractivity contribution in [3.8, 4) is 11.4 Å². The van der Waals surface area contributed by atoms with Crippen molar-refractivity contribution in [2.24, 2.45) is 0 Å². The number of rotatable bonds is 2. The molecule has 0 saturated heterocycles. The highest BCUT2D eigenvalue weighted by Crippen LogP contribution is 2.24. The van der Waals surface area contributed by atoms with E-state index >= 15 is 0 Å². The van der Waals surface area contributed by atoms with Gasteiger partial charge in [0.1, 0.15) is 11.6 Å². The number of halogens is 2. The zero-order valence-electron chi connectivity index (χ0n) is 10.1. The van der Waals surface area contributed by atoms with E-state index in [0.717, 1.165) is 5.69 Å². The normalized spacial score (nSPS) is 10.9. The SMILES string of the molecule is CC(C)c1cc(N)nc(-c2ccc(Cl)c(F)c2)n1. The monoisotopic (exact) mass is 265 g/mol. The van der Waals surface area contributed by atoms with Gasteiger partial charge in [-0.15, -0.1) is 0 Å². The van der Waals surface area contributed by atoms with E-state index < -0.39 is 5.82 Å². The van der Waals surface area contributed by atoms with Crippen molar-refractivity contribution in [1.29, 1.82) is 0 Å². The smallest absolute Gasteiger partial charge is 0.161 e. The minimum atomic E-state index is -0.494. The topological polar surface area (TPSA) is 51.8 Å². The molecule has 0 atom stereocenters. The van der Waals surface area contributed by atoms with Crippen LogP contribution in [0.2, 0.25) is 5.02 Å². The van der Waals surface area contributed by atoms with Gasteiger partial charge in [-0.2, -0.15) is 0 Å². The molecule has 1 aromatic heterocycles. The van der Waals surface area contributed by atoms with Crippen molar-refractivity contribution in [2.45, 2.75) is 19.8 Å². The predicted octanol–water partition coefficient (Wildman–Crippen LogP) is 3.64. The van der Waals surface area contributed by atoms with E-state index in [2.05, 4.69) is 9.97 Å². The van der Waals surface area contributed by atoms with E-state index in [1.54, 1.807) is 12.1 Å². The maximum Gasteiger partial charge on any atom is 0.161 e. The van der Waals surface area contributed by atoms with E-state index in [-0.39, 0.29) is 10.9 Å². The van der Waals surface area contributed by atoms with Crippen molar-refractivity contribution in [3.05, 3.63) is 40.8 Å². The van der Waals surface area contributed by atoms with Gasteiger partial charge in [0, 0.05) is 17.3 Å². The molecule has 0 fully saturated rings. The minimum absolute atomic E-state index is 0.0757. The maximum atomic E-state index is 13.4. The number of aromatic nitrogens is 2. The average Bonchev–Trinajstić information content (AvgIpc) is 2.31. The zero-order valence-corrected chi connectivity index (χ0v) is 10.9. The van der Waals surface area contributed by atoms with Crippen molar-refractivity contribution >= 4 is 17.4 Å². The Kier molecular flexibility index (Phi) is 3.48. The number of nitrogens with two attached hydrogens (primary N) is 1. The minimum Gasteiger partial charge on any atom is -0.384 e. The van der Waals surface area contributed by atoms with Crippen LogP contribution < -0.4 is 5.73 Å². The number of hydrogen-bond acceptors (Lipinski definition) is 3. The van der Waals surface area contributed by atoms with E-state index in [4.69, 9.17) is 17.3 Å². The van der Waals surface area contributed by atoms with Crippen LogP contribution in [0.4, 0.5) is 10.2 Å². The van der Waals surface area contributed by atoms with Crippen LogP contribution in [0.15, 0.2) is 24.3 Å². The number of hydrogen-bond donors (Lipinski definition) is 1. The van der Waals surface area contributed by atoms with Gasteiger partial charge in [0.05, 0.1) is 5.02 Å². The van der Waals surface area contributed by atoms with Gasteiger partial charge in [0.25, 0.3) is 0 Å². The van der Waals surface area contributed by atoms with Gasteiger partial charge in [-0.3, -0.25) is 0 Å². The molecule has 0 aliphatic rings. The molecule has 0 unspecified atom stereocenters. The lowest BCUT2D eigenvalue weighted by atomic mass is 10.1. The molecule has 2 N–H and O–H groups in total. The van der Waals surface area contributed by atoms with E-state index in [9.17, 15) is 4.39 Å². The molecule has 18 heavy (non-hydrogen) atoms. The van der Waals surface area contributed by atoms with Gasteiger partial charge in [-0.1, -0.05) is 25.4 Å². The lowest BCUT2D eigenvalue weighted by Crippen LogP contribution is -2.01. The quantitative estimate of drug-likeness (QED) is 0.902. The molecular weight excluding hydrogens is 253 g/mol. The molecule has 94 valence electrons. The molecule has 5 heteroatoms. The van der Waals surface area contributed by atoms with Gasteiger partial charge in [-0.05, 0) is 24.1 Å². The summed E-state index contributed by atoms with van der Waals surface area (Å²) in [4.78, 5) is 8.49. The molecule has 0 spiro atoms. The molecule has 2 rings (SSSR count). The van der Waals surface area contributed by atoms with Crippen LogP contribution in [-0.4, -0.2) is 9.97 Å². The second-order valence-corrected chi connectivity index (χ2v) is 4.73. The summed E-state index contributed by atoms with van der Waals surface area (Å²) in [6, 6.07) is 6.18. The fraction of sp³-hybridized carbons (Fsp3) is 0.231. The second kappa shape index (κ2) is 4.90. The summed E-state index contributed by atoms with van der Waals surface area (Å²) in [5, 5.41) is 0.0757. The Morgan fingerprint density at radius 2 is 1.94 bits per heavy atom. The first-order valence-corrected chi connectivity index (χ1v) is 5.95. The lowest BCUT2D eigenvalue weighted by Gasteiger charge is -2.08. The third-order valence-electron chi connectivity index (χ3n) is 2.54. The highest BCUT2D eigenvalue weighted by molar-refractivity contribution is 6.30. The molecular formula is C13H13ClFN3. The Balaban J connectivity index is 2.53. The molecule has 1 heterocycles. The van der Waals surface area contributed by atoms with Crippen molar-refractivity contribution < 1.29 is 4.39 Å². The van der Waals surface area contributed by atoms with Crippen LogP contribution in [-0.2, 0) is 0 Å². The largest absolute Gasteiger partial charge is 0.384 e. The Morgan fingerprint density at radius 3 is 2.56 bits per heavy atom.